The molecular formula is C17H38ClN3. The zero-order chi connectivity index (χ0) is 16.2. The minimum Gasteiger partial charge on any atom is -0.370 e. The highest BCUT2D eigenvalue weighted by Gasteiger charge is 1.93. The van der Waals surface area contributed by atoms with Crippen molar-refractivity contribution >= 4 is 17.6 Å². The van der Waals surface area contributed by atoms with E-state index in [4.69, 9.17) is 17.0 Å². The third-order valence-corrected chi connectivity index (χ3v) is 3.75. The van der Waals surface area contributed by atoms with Crippen molar-refractivity contribution in [3.8, 4) is 0 Å². The molecule has 0 atom stereocenters. The quantitative estimate of drug-likeness (QED) is 0.170. The summed E-state index contributed by atoms with van der Waals surface area (Å²) in [4.78, 5) is 0. The summed E-state index contributed by atoms with van der Waals surface area (Å²) in [6, 6.07) is 0. The second kappa shape index (κ2) is 21.9. The highest BCUT2D eigenvalue weighted by Crippen LogP contribution is 2.12. The molecular weight excluding hydrogens is 282 g/mol. The van der Waals surface area contributed by atoms with Crippen LogP contribution in [0.2, 0.25) is 0 Å². The average Bonchev–Trinajstić information content (AvgIpc) is 2.43. The molecule has 0 aliphatic carbocycles. The Morgan fingerprint density at radius 1 is 0.667 bits per heavy atom. The molecule has 0 aliphatic heterocycles. The first kappa shape index (κ1) is 22.8. The summed E-state index contributed by atoms with van der Waals surface area (Å²) in [5.41, 5.74) is 8.94. The third-order valence-electron chi connectivity index (χ3n) is 3.49. The molecule has 0 aliphatic rings. The fourth-order valence-corrected chi connectivity index (χ4v) is 2.48. The monoisotopic (exact) mass is 319 g/mol. The molecule has 5 N–H and O–H groups in total. The van der Waals surface area contributed by atoms with Crippen molar-refractivity contribution in [1.29, 1.82) is 5.41 Å². The largest absolute Gasteiger partial charge is 0.370 e. The fourth-order valence-electron chi connectivity index (χ4n) is 2.29. The van der Waals surface area contributed by atoms with Gasteiger partial charge < -0.3 is 11.5 Å². The molecule has 0 amide bonds. The molecule has 0 unspecified atom stereocenters. The van der Waals surface area contributed by atoms with Gasteiger partial charge in [-0.3, -0.25) is 5.41 Å². The van der Waals surface area contributed by atoms with E-state index in [9.17, 15) is 0 Å². The van der Waals surface area contributed by atoms with Gasteiger partial charge in [0.15, 0.2) is 5.96 Å². The van der Waals surface area contributed by atoms with Gasteiger partial charge in [0.2, 0.25) is 0 Å². The van der Waals surface area contributed by atoms with E-state index in [0.717, 1.165) is 5.88 Å². The molecule has 0 spiro atoms. The first-order valence-electron chi connectivity index (χ1n) is 8.80. The van der Waals surface area contributed by atoms with Gasteiger partial charge in [-0.25, -0.2) is 0 Å². The van der Waals surface area contributed by atoms with Crippen LogP contribution in [0.3, 0.4) is 0 Å². The Morgan fingerprint density at radius 3 is 1.14 bits per heavy atom. The normalized spacial score (nSPS) is 10.0. The van der Waals surface area contributed by atoms with Gasteiger partial charge in [0.1, 0.15) is 0 Å². The number of rotatable bonds is 14. The maximum atomic E-state index is 6.06. The van der Waals surface area contributed by atoms with Crippen LogP contribution in [0.1, 0.15) is 96.8 Å². The minimum atomic E-state index is -0.333. The maximum Gasteiger partial charge on any atom is 0.183 e. The number of nitrogens with one attached hydrogen (secondary N) is 1. The topological polar surface area (TPSA) is 75.9 Å². The molecule has 0 aromatic carbocycles. The van der Waals surface area contributed by atoms with E-state index in [1.807, 2.05) is 0 Å². The molecule has 4 heteroatoms. The second-order valence-electron chi connectivity index (χ2n) is 5.74. The van der Waals surface area contributed by atoms with E-state index >= 15 is 0 Å². The molecule has 0 saturated heterocycles. The van der Waals surface area contributed by atoms with E-state index in [1.165, 1.54) is 89.9 Å². The van der Waals surface area contributed by atoms with Gasteiger partial charge in [0.25, 0.3) is 0 Å². The van der Waals surface area contributed by atoms with Crippen molar-refractivity contribution in [2.24, 2.45) is 11.5 Å². The maximum absolute atomic E-state index is 6.06. The predicted molar refractivity (Wildman–Crippen MR) is 97.1 cm³/mol. The van der Waals surface area contributed by atoms with Crippen LogP contribution in [0, 0.1) is 5.41 Å². The van der Waals surface area contributed by atoms with Crippen LogP contribution < -0.4 is 11.5 Å². The summed E-state index contributed by atoms with van der Waals surface area (Å²) in [6.07, 6.45) is 19.8. The van der Waals surface area contributed by atoms with E-state index in [-0.39, 0.29) is 5.96 Å². The fraction of sp³-hybridized carbons (Fsp3) is 0.941. The Balaban J connectivity index is 0. The van der Waals surface area contributed by atoms with E-state index in [1.54, 1.807) is 0 Å². The van der Waals surface area contributed by atoms with Gasteiger partial charge >= 0.3 is 0 Å². The van der Waals surface area contributed by atoms with Crippen LogP contribution in [-0.4, -0.2) is 11.8 Å². The molecule has 0 aromatic rings. The predicted octanol–water partition coefficient (Wildman–Crippen LogP) is 5.55. The Bertz CT molecular complexity index is 180. The molecule has 0 fully saturated rings. The van der Waals surface area contributed by atoms with Crippen molar-refractivity contribution in [1.82, 2.24) is 0 Å². The molecule has 21 heavy (non-hydrogen) atoms. The summed E-state index contributed by atoms with van der Waals surface area (Å²) in [7, 11) is 0. The Labute approximate surface area is 137 Å². The number of guanidine groups is 1. The van der Waals surface area contributed by atoms with Crippen LogP contribution in [-0.2, 0) is 0 Å². The second-order valence-corrected chi connectivity index (χ2v) is 6.12. The SMILES string of the molecule is CCCCCCCCCCCCCCCCCl.N=C(N)N. The highest BCUT2D eigenvalue weighted by atomic mass is 35.5. The van der Waals surface area contributed by atoms with Gasteiger partial charge in [-0.15, -0.1) is 11.6 Å². The molecule has 0 aromatic heterocycles. The van der Waals surface area contributed by atoms with Crippen LogP contribution in [0.15, 0.2) is 0 Å². The highest BCUT2D eigenvalue weighted by molar-refractivity contribution is 6.17. The molecule has 0 bridgehead atoms. The molecule has 0 heterocycles. The standard InChI is InChI=1S/C16H33Cl.CH5N3/c1-2-3-4-5-6-7-8-9-10-11-12-13-14-15-16-17;2-1(3)4/h2-16H2,1H3;(H5,2,3,4). The van der Waals surface area contributed by atoms with Gasteiger partial charge in [0.05, 0.1) is 0 Å². The first-order chi connectivity index (χ1) is 10.1. The van der Waals surface area contributed by atoms with Crippen molar-refractivity contribution in [2.45, 2.75) is 96.8 Å². The van der Waals surface area contributed by atoms with Gasteiger partial charge in [-0.2, -0.15) is 0 Å². The summed E-state index contributed by atoms with van der Waals surface area (Å²) < 4.78 is 0. The number of alkyl halides is 1. The van der Waals surface area contributed by atoms with Crippen molar-refractivity contribution in [2.75, 3.05) is 5.88 Å². The molecule has 3 nitrogen and oxygen atoms in total. The van der Waals surface area contributed by atoms with Gasteiger partial charge in [-0.1, -0.05) is 90.4 Å². The zero-order valence-electron chi connectivity index (χ0n) is 14.1. The number of hydrogen-bond acceptors (Lipinski definition) is 1. The summed E-state index contributed by atoms with van der Waals surface area (Å²) in [5.74, 6) is 0.512. The summed E-state index contributed by atoms with van der Waals surface area (Å²) in [5, 5.41) is 6.06. The lowest BCUT2D eigenvalue weighted by Crippen LogP contribution is -2.20. The molecule has 128 valence electrons. The minimum absolute atomic E-state index is 0.333. The molecule has 0 radical (unpaired) electrons. The first-order valence-corrected chi connectivity index (χ1v) is 9.34. The van der Waals surface area contributed by atoms with E-state index in [0.29, 0.717) is 0 Å². The van der Waals surface area contributed by atoms with Gasteiger partial charge in [-0.05, 0) is 6.42 Å². The molecule has 0 saturated carbocycles. The number of halogens is 1. The van der Waals surface area contributed by atoms with Crippen molar-refractivity contribution in [3.63, 3.8) is 0 Å². The number of hydrogen-bond donors (Lipinski definition) is 3. The van der Waals surface area contributed by atoms with Crippen LogP contribution in [0.5, 0.6) is 0 Å². The van der Waals surface area contributed by atoms with Crippen molar-refractivity contribution < 1.29 is 0 Å². The number of nitrogens with two attached hydrogens (primary N) is 2. The Hall–Kier alpha value is -0.440. The van der Waals surface area contributed by atoms with Crippen LogP contribution in [0.25, 0.3) is 0 Å². The lowest BCUT2D eigenvalue weighted by Gasteiger charge is -2.02. The van der Waals surface area contributed by atoms with Gasteiger partial charge in [0, 0.05) is 5.88 Å². The summed E-state index contributed by atoms with van der Waals surface area (Å²) >= 11 is 5.64. The average molecular weight is 320 g/mol. The third kappa shape index (κ3) is 32.8. The zero-order valence-corrected chi connectivity index (χ0v) is 14.9. The lowest BCUT2D eigenvalue weighted by molar-refractivity contribution is 0.538. The van der Waals surface area contributed by atoms with Crippen molar-refractivity contribution in [3.05, 3.63) is 0 Å². The summed E-state index contributed by atoms with van der Waals surface area (Å²) in [6.45, 7) is 2.28. The molecule has 0 rings (SSSR count). The van der Waals surface area contributed by atoms with Crippen LogP contribution in [0.4, 0.5) is 0 Å². The smallest absolute Gasteiger partial charge is 0.183 e. The van der Waals surface area contributed by atoms with E-state index < -0.39 is 0 Å². The Morgan fingerprint density at radius 2 is 0.905 bits per heavy atom. The number of unbranched alkanes of at least 4 members (excludes halogenated alkanes) is 13. The van der Waals surface area contributed by atoms with E-state index in [2.05, 4.69) is 18.4 Å². The Kier molecular flexibility index (Phi) is 23.8. The van der Waals surface area contributed by atoms with Crippen LogP contribution >= 0.6 is 11.6 Å². The lowest BCUT2D eigenvalue weighted by atomic mass is 10.0.